The molecule has 1 N–H and O–H groups in total. The summed E-state index contributed by atoms with van der Waals surface area (Å²) in [6.07, 6.45) is 2.33. The minimum absolute atomic E-state index is 0.0554. The van der Waals surface area contributed by atoms with Crippen LogP contribution in [0.5, 0.6) is 5.75 Å². The van der Waals surface area contributed by atoms with E-state index in [1.165, 1.54) is 0 Å². The first-order valence-corrected chi connectivity index (χ1v) is 7.18. The molecule has 4 nitrogen and oxygen atoms in total. The van der Waals surface area contributed by atoms with Gasteiger partial charge in [0, 0.05) is 11.8 Å². The first-order valence-electron chi connectivity index (χ1n) is 6.39. The Bertz CT molecular complexity index is 645. The van der Waals surface area contributed by atoms with Gasteiger partial charge in [0.1, 0.15) is 11.6 Å². The van der Waals surface area contributed by atoms with Gasteiger partial charge in [0.05, 0.1) is 17.0 Å². The molecule has 0 radical (unpaired) electrons. The van der Waals surface area contributed by atoms with Crippen LogP contribution >= 0.6 is 15.9 Å². The number of benzene rings is 1. The number of ether oxygens (including phenoxy) is 1. The molecule has 1 aliphatic rings. The molecule has 2 heterocycles. The highest BCUT2D eigenvalue weighted by Gasteiger charge is 2.27. The number of anilines is 1. The lowest BCUT2D eigenvalue weighted by atomic mass is 9.92. The molecular formula is C15H13BrN2O2. The van der Waals surface area contributed by atoms with E-state index >= 15 is 0 Å². The van der Waals surface area contributed by atoms with Crippen molar-refractivity contribution in [3.8, 4) is 5.75 Å². The van der Waals surface area contributed by atoms with E-state index in [0.717, 1.165) is 15.8 Å². The van der Waals surface area contributed by atoms with Crippen LogP contribution in [0.4, 0.5) is 5.82 Å². The van der Waals surface area contributed by atoms with Gasteiger partial charge in [0.2, 0.25) is 5.91 Å². The fraction of sp³-hybridized carbons (Fsp3) is 0.200. The SMILES string of the molecule is O=C(Nc1ncccc1Br)C1CCOc2ccccc21. The topological polar surface area (TPSA) is 51.2 Å². The quantitative estimate of drug-likeness (QED) is 0.917. The average molecular weight is 333 g/mol. The lowest BCUT2D eigenvalue weighted by molar-refractivity contribution is -0.118. The van der Waals surface area contributed by atoms with Crippen LogP contribution < -0.4 is 10.1 Å². The number of rotatable bonds is 2. The first-order chi connectivity index (χ1) is 9.75. The molecule has 0 saturated carbocycles. The molecule has 0 bridgehead atoms. The van der Waals surface area contributed by atoms with Crippen molar-refractivity contribution in [1.82, 2.24) is 4.98 Å². The predicted octanol–water partition coefficient (Wildman–Crippen LogP) is 3.35. The van der Waals surface area contributed by atoms with Gasteiger partial charge in [-0.25, -0.2) is 4.98 Å². The van der Waals surface area contributed by atoms with Crippen molar-refractivity contribution < 1.29 is 9.53 Å². The van der Waals surface area contributed by atoms with E-state index in [1.54, 1.807) is 6.20 Å². The third-order valence-electron chi connectivity index (χ3n) is 3.28. The number of halogens is 1. The third-order valence-corrected chi connectivity index (χ3v) is 3.91. The molecule has 1 aromatic carbocycles. The first kappa shape index (κ1) is 13.1. The van der Waals surface area contributed by atoms with Crippen LogP contribution in [0.2, 0.25) is 0 Å². The molecule has 0 spiro atoms. The minimum atomic E-state index is -0.200. The molecule has 5 heteroatoms. The number of hydrogen-bond donors (Lipinski definition) is 1. The van der Waals surface area contributed by atoms with Crippen molar-refractivity contribution in [2.75, 3.05) is 11.9 Å². The Morgan fingerprint density at radius 1 is 1.30 bits per heavy atom. The van der Waals surface area contributed by atoms with Crippen molar-refractivity contribution in [3.05, 3.63) is 52.6 Å². The number of nitrogens with one attached hydrogen (secondary N) is 1. The molecule has 2 aromatic rings. The summed E-state index contributed by atoms with van der Waals surface area (Å²) in [4.78, 5) is 16.6. The summed E-state index contributed by atoms with van der Waals surface area (Å²) in [5.41, 5.74) is 0.934. The van der Waals surface area contributed by atoms with Gasteiger partial charge in [-0.05, 0) is 40.5 Å². The van der Waals surface area contributed by atoms with E-state index in [9.17, 15) is 4.79 Å². The highest BCUT2D eigenvalue weighted by Crippen LogP contribution is 2.34. The largest absolute Gasteiger partial charge is 0.493 e. The monoisotopic (exact) mass is 332 g/mol. The van der Waals surface area contributed by atoms with E-state index in [0.29, 0.717) is 18.8 Å². The van der Waals surface area contributed by atoms with Gasteiger partial charge in [-0.1, -0.05) is 18.2 Å². The number of amides is 1. The Morgan fingerprint density at radius 3 is 3.00 bits per heavy atom. The van der Waals surface area contributed by atoms with Crippen LogP contribution in [0.1, 0.15) is 17.9 Å². The Morgan fingerprint density at radius 2 is 2.15 bits per heavy atom. The summed E-state index contributed by atoms with van der Waals surface area (Å²) in [5.74, 6) is 1.08. The van der Waals surface area contributed by atoms with Crippen LogP contribution in [-0.4, -0.2) is 17.5 Å². The van der Waals surface area contributed by atoms with Crippen molar-refractivity contribution >= 4 is 27.7 Å². The van der Waals surface area contributed by atoms with E-state index in [1.807, 2.05) is 36.4 Å². The smallest absolute Gasteiger partial charge is 0.233 e. The molecule has 0 aliphatic carbocycles. The molecule has 1 atom stereocenters. The third kappa shape index (κ3) is 2.54. The summed E-state index contributed by atoms with van der Waals surface area (Å²) in [5, 5.41) is 2.87. The van der Waals surface area contributed by atoms with E-state index < -0.39 is 0 Å². The molecule has 1 aromatic heterocycles. The van der Waals surface area contributed by atoms with Crippen molar-refractivity contribution in [1.29, 1.82) is 0 Å². The number of fused-ring (bicyclic) bond motifs is 1. The van der Waals surface area contributed by atoms with Crippen LogP contribution in [0, 0.1) is 0 Å². The van der Waals surface area contributed by atoms with Gasteiger partial charge in [-0.3, -0.25) is 4.79 Å². The summed E-state index contributed by atoms with van der Waals surface area (Å²) >= 11 is 3.38. The molecule has 1 unspecified atom stereocenters. The van der Waals surface area contributed by atoms with Gasteiger partial charge >= 0.3 is 0 Å². The van der Waals surface area contributed by atoms with Crippen molar-refractivity contribution in [2.45, 2.75) is 12.3 Å². The maximum atomic E-state index is 12.5. The standard InChI is InChI=1S/C15H13BrN2O2/c16-12-5-3-8-17-14(12)18-15(19)11-7-9-20-13-6-2-1-4-10(11)13/h1-6,8,11H,7,9H2,(H,17,18,19). The highest BCUT2D eigenvalue weighted by atomic mass is 79.9. The van der Waals surface area contributed by atoms with Gasteiger partial charge in [0.15, 0.2) is 0 Å². The molecule has 0 fully saturated rings. The average Bonchev–Trinajstić information content (AvgIpc) is 2.49. The molecule has 102 valence electrons. The van der Waals surface area contributed by atoms with Crippen LogP contribution in [0.3, 0.4) is 0 Å². The highest BCUT2D eigenvalue weighted by molar-refractivity contribution is 9.10. The Labute approximate surface area is 125 Å². The number of pyridine rings is 1. The summed E-state index contributed by atoms with van der Waals surface area (Å²) < 4.78 is 6.34. The van der Waals surface area contributed by atoms with E-state index in [2.05, 4.69) is 26.2 Å². The van der Waals surface area contributed by atoms with Gasteiger partial charge in [-0.2, -0.15) is 0 Å². The number of carbonyl (C=O) groups excluding carboxylic acids is 1. The number of aromatic nitrogens is 1. The molecule has 3 rings (SSSR count). The summed E-state index contributed by atoms with van der Waals surface area (Å²) in [7, 11) is 0. The summed E-state index contributed by atoms with van der Waals surface area (Å²) in [6, 6.07) is 11.3. The zero-order valence-corrected chi connectivity index (χ0v) is 12.3. The number of para-hydroxylation sites is 1. The lowest BCUT2D eigenvalue weighted by Crippen LogP contribution is -2.26. The fourth-order valence-corrected chi connectivity index (χ4v) is 2.65. The molecular weight excluding hydrogens is 320 g/mol. The molecule has 1 amide bonds. The minimum Gasteiger partial charge on any atom is -0.493 e. The number of carbonyl (C=O) groups is 1. The van der Waals surface area contributed by atoms with E-state index in [4.69, 9.17) is 4.74 Å². The normalized spacial score (nSPS) is 16.9. The Balaban J connectivity index is 1.84. The van der Waals surface area contributed by atoms with Gasteiger partial charge in [-0.15, -0.1) is 0 Å². The van der Waals surface area contributed by atoms with Crippen LogP contribution in [0.15, 0.2) is 47.1 Å². The van der Waals surface area contributed by atoms with Crippen LogP contribution in [0.25, 0.3) is 0 Å². The van der Waals surface area contributed by atoms with Crippen molar-refractivity contribution in [3.63, 3.8) is 0 Å². The zero-order valence-electron chi connectivity index (χ0n) is 10.7. The predicted molar refractivity (Wildman–Crippen MR) is 79.9 cm³/mol. The zero-order chi connectivity index (χ0) is 13.9. The Kier molecular flexibility index (Phi) is 3.69. The lowest BCUT2D eigenvalue weighted by Gasteiger charge is -2.25. The Hall–Kier alpha value is -1.88. The number of nitrogens with zero attached hydrogens (tertiary/aromatic N) is 1. The summed E-state index contributed by atoms with van der Waals surface area (Å²) in [6.45, 7) is 0.554. The molecule has 20 heavy (non-hydrogen) atoms. The second-order valence-electron chi connectivity index (χ2n) is 4.55. The second kappa shape index (κ2) is 5.63. The second-order valence-corrected chi connectivity index (χ2v) is 5.40. The van der Waals surface area contributed by atoms with E-state index in [-0.39, 0.29) is 11.8 Å². The molecule has 0 saturated heterocycles. The molecule has 1 aliphatic heterocycles. The number of hydrogen-bond acceptors (Lipinski definition) is 3. The van der Waals surface area contributed by atoms with Gasteiger partial charge in [0.25, 0.3) is 0 Å². The van der Waals surface area contributed by atoms with Crippen LogP contribution in [-0.2, 0) is 4.79 Å². The maximum Gasteiger partial charge on any atom is 0.233 e. The van der Waals surface area contributed by atoms with Crippen molar-refractivity contribution in [2.24, 2.45) is 0 Å². The van der Waals surface area contributed by atoms with Gasteiger partial charge < -0.3 is 10.1 Å². The fourth-order valence-electron chi connectivity index (χ4n) is 2.30. The maximum absolute atomic E-state index is 12.5.